The zero-order valence-corrected chi connectivity index (χ0v) is 17.3. The van der Waals surface area contributed by atoms with E-state index in [0.29, 0.717) is 40.4 Å². The molecule has 0 radical (unpaired) electrons. The summed E-state index contributed by atoms with van der Waals surface area (Å²) >= 11 is 6.04. The van der Waals surface area contributed by atoms with Gasteiger partial charge in [0.25, 0.3) is 5.91 Å². The lowest BCUT2D eigenvalue weighted by atomic mass is 10.1. The molecule has 1 aromatic heterocycles. The number of hydrogen-bond donors (Lipinski definition) is 0. The van der Waals surface area contributed by atoms with E-state index >= 15 is 0 Å². The minimum Gasteiger partial charge on any atom is -0.497 e. The number of hydrogen-bond acceptors (Lipinski definition) is 5. The summed E-state index contributed by atoms with van der Waals surface area (Å²) in [5.41, 5.74) is 0.629. The van der Waals surface area contributed by atoms with Crippen LogP contribution >= 0.6 is 11.6 Å². The molecule has 0 unspecified atom stereocenters. The van der Waals surface area contributed by atoms with Crippen molar-refractivity contribution in [2.75, 3.05) is 26.8 Å². The standard InChI is InChI=1S/C22H22ClNO5/c1-4-24(5-2)19(25)13-28-22-20(26)17-12-15(23)8-11-18(17)29-21(22)14-6-9-16(27-3)10-7-14/h6-12H,4-5,13H2,1-3H3. The highest BCUT2D eigenvalue weighted by Crippen LogP contribution is 2.32. The third kappa shape index (κ3) is 4.38. The SMILES string of the molecule is CCN(CC)C(=O)COc1c(-c2ccc(OC)cc2)oc2ccc(Cl)cc2c1=O. The third-order valence-corrected chi connectivity index (χ3v) is 4.85. The van der Waals surface area contributed by atoms with Crippen molar-refractivity contribution < 1.29 is 18.7 Å². The van der Waals surface area contributed by atoms with Gasteiger partial charge in [-0.15, -0.1) is 0 Å². The summed E-state index contributed by atoms with van der Waals surface area (Å²) < 4.78 is 16.9. The number of carbonyl (C=O) groups is 1. The lowest BCUT2D eigenvalue weighted by Gasteiger charge is -2.19. The fraction of sp³-hybridized carbons (Fsp3) is 0.273. The summed E-state index contributed by atoms with van der Waals surface area (Å²) in [5.74, 6) is 0.689. The van der Waals surface area contributed by atoms with Crippen molar-refractivity contribution in [3.63, 3.8) is 0 Å². The lowest BCUT2D eigenvalue weighted by molar-refractivity contribution is -0.132. The van der Waals surface area contributed by atoms with Crippen LogP contribution in [0.15, 0.2) is 51.7 Å². The smallest absolute Gasteiger partial charge is 0.260 e. The molecular weight excluding hydrogens is 394 g/mol. The van der Waals surface area contributed by atoms with Crippen LogP contribution in [0.3, 0.4) is 0 Å². The largest absolute Gasteiger partial charge is 0.497 e. The van der Waals surface area contributed by atoms with Gasteiger partial charge in [0.05, 0.1) is 12.5 Å². The first kappa shape index (κ1) is 20.7. The van der Waals surface area contributed by atoms with Gasteiger partial charge in [0, 0.05) is 23.7 Å². The van der Waals surface area contributed by atoms with Crippen LogP contribution in [0.1, 0.15) is 13.8 Å². The summed E-state index contributed by atoms with van der Waals surface area (Å²) in [6.07, 6.45) is 0. The van der Waals surface area contributed by atoms with E-state index in [0.717, 1.165) is 0 Å². The molecule has 0 N–H and O–H groups in total. The van der Waals surface area contributed by atoms with Crippen LogP contribution in [-0.4, -0.2) is 37.6 Å². The lowest BCUT2D eigenvalue weighted by Crippen LogP contribution is -2.35. The first-order valence-corrected chi connectivity index (χ1v) is 9.67. The Balaban J connectivity index is 2.09. The molecule has 0 bridgehead atoms. The first-order chi connectivity index (χ1) is 14.0. The van der Waals surface area contributed by atoms with Crippen LogP contribution in [0.2, 0.25) is 5.02 Å². The van der Waals surface area contributed by atoms with E-state index in [1.165, 1.54) is 6.07 Å². The van der Waals surface area contributed by atoms with Gasteiger partial charge in [-0.25, -0.2) is 0 Å². The minimum atomic E-state index is -0.382. The molecule has 152 valence electrons. The topological polar surface area (TPSA) is 69.0 Å². The van der Waals surface area contributed by atoms with E-state index in [4.69, 9.17) is 25.5 Å². The number of nitrogens with zero attached hydrogens (tertiary/aromatic N) is 1. The van der Waals surface area contributed by atoms with E-state index in [1.54, 1.807) is 48.4 Å². The van der Waals surface area contributed by atoms with E-state index < -0.39 is 0 Å². The molecule has 3 rings (SSSR count). The number of amides is 1. The summed E-state index contributed by atoms with van der Waals surface area (Å²) in [5, 5.41) is 0.701. The Hall–Kier alpha value is -2.99. The molecule has 0 aliphatic rings. The van der Waals surface area contributed by atoms with Crippen LogP contribution in [-0.2, 0) is 4.79 Å². The van der Waals surface area contributed by atoms with E-state index in [1.807, 2.05) is 13.8 Å². The molecule has 0 saturated carbocycles. The highest BCUT2D eigenvalue weighted by atomic mass is 35.5. The summed E-state index contributed by atoms with van der Waals surface area (Å²) in [6.45, 7) is 4.63. The van der Waals surface area contributed by atoms with Crippen LogP contribution in [0, 0.1) is 0 Å². The van der Waals surface area contributed by atoms with Crippen molar-refractivity contribution in [3.8, 4) is 22.8 Å². The van der Waals surface area contributed by atoms with E-state index in [9.17, 15) is 9.59 Å². The first-order valence-electron chi connectivity index (χ1n) is 9.29. The number of carbonyl (C=O) groups excluding carboxylic acids is 1. The number of rotatable bonds is 7. The summed E-state index contributed by atoms with van der Waals surface area (Å²) in [4.78, 5) is 27.1. The van der Waals surface area contributed by atoms with Gasteiger partial charge in [-0.3, -0.25) is 9.59 Å². The number of ether oxygens (including phenoxy) is 2. The van der Waals surface area contributed by atoms with Crippen LogP contribution in [0.4, 0.5) is 0 Å². The number of halogens is 1. The second-order valence-corrected chi connectivity index (χ2v) is 6.75. The van der Waals surface area contributed by atoms with Gasteiger partial charge in [-0.2, -0.15) is 0 Å². The zero-order chi connectivity index (χ0) is 21.0. The van der Waals surface area contributed by atoms with Crippen molar-refractivity contribution in [1.82, 2.24) is 4.90 Å². The van der Waals surface area contributed by atoms with Crippen molar-refractivity contribution in [2.24, 2.45) is 0 Å². The number of fused-ring (bicyclic) bond motifs is 1. The maximum Gasteiger partial charge on any atom is 0.260 e. The highest BCUT2D eigenvalue weighted by Gasteiger charge is 2.20. The van der Waals surface area contributed by atoms with Crippen LogP contribution in [0.5, 0.6) is 11.5 Å². The molecule has 3 aromatic rings. The van der Waals surface area contributed by atoms with Crippen molar-refractivity contribution >= 4 is 28.5 Å². The second-order valence-electron chi connectivity index (χ2n) is 6.31. The van der Waals surface area contributed by atoms with Gasteiger partial charge in [0.2, 0.25) is 11.2 Å². The van der Waals surface area contributed by atoms with Gasteiger partial charge in [0.15, 0.2) is 12.4 Å². The molecule has 0 fully saturated rings. The molecule has 0 saturated heterocycles. The second kappa shape index (κ2) is 9.01. The minimum absolute atomic E-state index is 0.0227. The van der Waals surface area contributed by atoms with Gasteiger partial charge >= 0.3 is 0 Å². The highest BCUT2D eigenvalue weighted by molar-refractivity contribution is 6.31. The molecule has 1 heterocycles. The molecule has 0 spiro atoms. The Morgan fingerprint density at radius 2 is 1.79 bits per heavy atom. The molecule has 0 aliphatic carbocycles. The molecule has 0 atom stereocenters. The Morgan fingerprint density at radius 1 is 1.10 bits per heavy atom. The number of likely N-dealkylation sites (N-methyl/N-ethyl adjacent to an activating group) is 1. The van der Waals surface area contributed by atoms with Crippen LogP contribution < -0.4 is 14.9 Å². The maximum atomic E-state index is 13.1. The Kier molecular flexibility index (Phi) is 6.44. The Bertz CT molecular complexity index is 1070. The summed E-state index contributed by atoms with van der Waals surface area (Å²) in [6, 6.07) is 11.8. The van der Waals surface area contributed by atoms with Gasteiger partial charge in [-0.1, -0.05) is 11.6 Å². The monoisotopic (exact) mass is 415 g/mol. The van der Waals surface area contributed by atoms with Gasteiger partial charge in [0.1, 0.15) is 11.3 Å². The molecule has 29 heavy (non-hydrogen) atoms. The fourth-order valence-electron chi connectivity index (χ4n) is 3.02. The van der Waals surface area contributed by atoms with Gasteiger partial charge in [-0.05, 0) is 56.3 Å². The van der Waals surface area contributed by atoms with Crippen molar-refractivity contribution in [2.45, 2.75) is 13.8 Å². The Labute approximate surface area is 173 Å². The van der Waals surface area contributed by atoms with E-state index in [2.05, 4.69) is 0 Å². The van der Waals surface area contributed by atoms with Crippen LogP contribution in [0.25, 0.3) is 22.3 Å². The predicted molar refractivity (Wildman–Crippen MR) is 113 cm³/mol. The number of methoxy groups -OCH3 is 1. The maximum absolute atomic E-state index is 13.1. The predicted octanol–water partition coefficient (Wildman–Crippen LogP) is 4.37. The number of benzene rings is 2. The van der Waals surface area contributed by atoms with Crippen molar-refractivity contribution in [3.05, 3.63) is 57.7 Å². The molecule has 7 heteroatoms. The van der Waals surface area contributed by atoms with Gasteiger partial charge < -0.3 is 18.8 Å². The normalized spacial score (nSPS) is 10.8. The van der Waals surface area contributed by atoms with Crippen molar-refractivity contribution in [1.29, 1.82) is 0 Å². The Morgan fingerprint density at radius 3 is 2.41 bits per heavy atom. The zero-order valence-electron chi connectivity index (χ0n) is 16.5. The molecular formula is C22H22ClNO5. The molecule has 2 aromatic carbocycles. The fourth-order valence-corrected chi connectivity index (χ4v) is 3.19. The third-order valence-electron chi connectivity index (χ3n) is 4.62. The average molecular weight is 416 g/mol. The quantitative estimate of drug-likeness (QED) is 0.573. The molecule has 0 aliphatic heterocycles. The summed E-state index contributed by atoms with van der Waals surface area (Å²) in [7, 11) is 1.57. The molecule has 6 nitrogen and oxygen atoms in total. The average Bonchev–Trinajstić information content (AvgIpc) is 2.74. The van der Waals surface area contributed by atoms with E-state index in [-0.39, 0.29) is 29.5 Å². The molecule has 1 amide bonds.